The van der Waals surface area contributed by atoms with Gasteiger partial charge in [0.15, 0.2) is 0 Å². The standard InChI is InChI=1S/C31H36N8O2/c1-20(2)23-13-14-33-25(19-23)35-31(41)22-11-9-21(10-12-22)27-28-29(32)34-15-18-39(28)30(36-27)24-7-5-17-38(24)26(40)8-6-16-37(3)4/h6,8-15,18-20,24H,5,7,16-17H2,1-4H3,(H2,32,34)(H,33,35,41)/t24-/m0/s1. The van der Waals surface area contributed by atoms with Crippen LogP contribution in [0.5, 0.6) is 0 Å². The van der Waals surface area contributed by atoms with Crippen molar-refractivity contribution in [2.24, 2.45) is 0 Å². The Hall–Kier alpha value is -4.57. The number of likely N-dealkylation sites (N-methyl/N-ethyl adjacent to an activating group) is 1. The Balaban J connectivity index is 1.43. The Bertz CT molecular complexity index is 1590. The molecule has 0 spiro atoms. The molecule has 0 aliphatic carbocycles. The molecule has 0 radical (unpaired) electrons. The molecule has 1 atom stereocenters. The van der Waals surface area contributed by atoms with Gasteiger partial charge < -0.3 is 20.9 Å². The Morgan fingerprint density at radius 3 is 2.66 bits per heavy atom. The molecule has 2 amide bonds. The zero-order chi connectivity index (χ0) is 29.1. The van der Waals surface area contributed by atoms with Gasteiger partial charge in [-0.05, 0) is 62.7 Å². The lowest BCUT2D eigenvalue weighted by Gasteiger charge is -2.22. The highest BCUT2D eigenvalue weighted by molar-refractivity contribution is 6.04. The third-order valence-electron chi connectivity index (χ3n) is 7.29. The van der Waals surface area contributed by atoms with E-state index in [1.165, 1.54) is 0 Å². The van der Waals surface area contributed by atoms with E-state index in [0.29, 0.717) is 47.4 Å². The minimum atomic E-state index is -0.246. The maximum absolute atomic E-state index is 13.1. The van der Waals surface area contributed by atoms with Gasteiger partial charge in [0.2, 0.25) is 5.91 Å². The molecule has 1 fully saturated rings. The number of nitrogens with one attached hydrogen (secondary N) is 1. The van der Waals surface area contributed by atoms with Crippen LogP contribution in [0.25, 0.3) is 16.8 Å². The van der Waals surface area contributed by atoms with Gasteiger partial charge in [0, 0.05) is 48.9 Å². The van der Waals surface area contributed by atoms with Crippen LogP contribution < -0.4 is 11.1 Å². The van der Waals surface area contributed by atoms with Crippen molar-refractivity contribution in [3.63, 3.8) is 0 Å². The van der Waals surface area contributed by atoms with Crippen LogP contribution in [0.2, 0.25) is 0 Å². The highest BCUT2D eigenvalue weighted by Gasteiger charge is 2.33. The molecule has 1 aromatic carbocycles. The quantitative estimate of drug-likeness (QED) is 0.308. The van der Waals surface area contributed by atoms with Gasteiger partial charge in [-0.1, -0.05) is 32.1 Å². The summed E-state index contributed by atoms with van der Waals surface area (Å²) in [5.74, 6) is 1.66. The molecular weight excluding hydrogens is 516 g/mol. The summed E-state index contributed by atoms with van der Waals surface area (Å²) in [5, 5.41) is 2.88. The van der Waals surface area contributed by atoms with Crippen molar-refractivity contribution in [2.45, 2.75) is 38.6 Å². The molecule has 0 saturated carbocycles. The third kappa shape index (κ3) is 5.97. The van der Waals surface area contributed by atoms with E-state index in [1.54, 1.807) is 30.6 Å². The molecule has 1 aliphatic heterocycles. The SMILES string of the molecule is CC(C)c1ccnc(NC(=O)c2ccc(-c3nc([C@@H]4CCCN4C(=O)C=CCN(C)C)n4ccnc(N)c34)cc2)c1. The molecule has 212 valence electrons. The fourth-order valence-corrected chi connectivity index (χ4v) is 5.12. The Morgan fingerprint density at radius 2 is 1.93 bits per heavy atom. The number of fused-ring (bicyclic) bond motifs is 1. The van der Waals surface area contributed by atoms with Crippen LogP contribution in [0.3, 0.4) is 0 Å². The fraction of sp³-hybridized carbons (Fsp3) is 0.323. The summed E-state index contributed by atoms with van der Waals surface area (Å²) in [7, 11) is 3.93. The number of nitrogens with two attached hydrogens (primary N) is 1. The number of imidazole rings is 1. The number of likely N-dealkylation sites (tertiary alicyclic amines) is 1. The first-order valence-electron chi connectivity index (χ1n) is 13.8. The first-order chi connectivity index (χ1) is 19.7. The van der Waals surface area contributed by atoms with Crippen molar-refractivity contribution < 1.29 is 9.59 Å². The summed E-state index contributed by atoms with van der Waals surface area (Å²) >= 11 is 0. The van der Waals surface area contributed by atoms with Gasteiger partial charge in [0.25, 0.3) is 5.91 Å². The van der Waals surface area contributed by atoms with Gasteiger partial charge in [-0.2, -0.15) is 0 Å². The predicted octanol–water partition coefficient (Wildman–Crippen LogP) is 4.53. The van der Waals surface area contributed by atoms with Gasteiger partial charge in [-0.3, -0.25) is 14.0 Å². The number of carbonyl (C=O) groups excluding carboxylic acids is 2. The van der Waals surface area contributed by atoms with E-state index in [1.807, 2.05) is 64.8 Å². The summed E-state index contributed by atoms with van der Waals surface area (Å²) in [6.45, 7) is 5.55. The summed E-state index contributed by atoms with van der Waals surface area (Å²) in [5.41, 5.74) is 10.1. The molecule has 0 unspecified atom stereocenters. The Kier molecular flexibility index (Phi) is 8.11. The van der Waals surface area contributed by atoms with Crippen LogP contribution in [-0.4, -0.2) is 68.2 Å². The average molecular weight is 553 g/mol. The number of rotatable bonds is 8. The largest absolute Gasteiger partial charge is 0.382 e. The van der Waals surface area contributed by atoms with Gasteiger partial charge in [-0.15, -0.1) is 0 Å². The van der Waals surface area contributed by atoms with Gasteiger partial charge in [0.1, 0.15) is 28.7 Å². The number of aromatic nitrogens is 4. The lowest BCUT2D eigenvalue weighted by atomic mass is 10.1. The highest BCUT2D eigenvalue weighted by Crippen LogP contribution is 2.36. The first-order valence-corrected chi connectivity index (χ1v) is 13.8. The number of carbonyl (C=O) groups is 2. The molecule has 41 heavy (non-hydrogen) atoms. The third-order valence-corrected chi connectivity index (χ3v) is 7.29. The zero-order valence-electron chi connectivity index (χ0n) is 23.9. The van der Waals surface area contributed by atoms with Crippen molar-refractivity contribution in [2.75, 3.05) is 38.2 Å². The number of nitrogen functional groups attached to an aromatic ring is 1. The summed E-state index contributed by atoms with van der Waals surface area (Å²) < 4.78 is 1.94. The normalized spacial score (nSPS) is 15.5. The smallest absolute Gasteiger partial charge is 0.256 e. The van der Waals surface area contributed by atoms with E-state index in [-0.39, 0.29) is 17.9 Å². The number of hydrogen-bond donors (Lipinski definition) is 2. The van der Waals surface area contributed by atoms with Gasteiger partial charge in [-0.25, -0.2) is 15.0 Å². The number of pyridine rings is 1. The van der Waals surface area contributed by atoms with E-state index < -0.39 is 0 Å². The van der Waals surface area contributed by atoms with Crippen LogP contribution in [0.1, 0.15) is 60.4 Å². The van der Waals surface area contributed by atoms with Crippen LogP contribution in [0.15, 0.2) is 67.1 Å². The summed E-state index contributed by atoms with van der Waals surface area (Å²) in [4.78, 5) is 43.5. The number of hydrogen-bond acceptors (Lipinski definition) is 7. The van der Waals surface area contributed by atoms with Crippen molar-refractivity contribution in [1.82, 2.24) is 29.2 Å². The molecule has 10 nitrogen and oxygen atoms in total. The van der Waals surface area contributed by atoms with Crippen molar-refractivity contribution in [3.8, 4) is 11.3 Å². The lowest BCUT2D eigenvalue weighted by Crippen LogP contribution is -2.30. The fourth-order valence-electron chi connectivity index (χ4n) is 5.12. The van der Waals surface area contributed by atoms with E-state index >= 15 is 0 Å². The number of amides is 2. The zero-order valence-corrected chi connectivity index (χ0v) is 23.9. The second kappa shape index (κ2) is 11.9. The molecule has 1 aliphatic rings. The molecule has 3 aromatic heterocycles. The van der Waals surface area contributed by atoms with Crippen molar-refractivity contribution in [3.05, 3.63) is 84.1 Å². The van der Waals surface area contributed by atoms with Crippen LogP contribution in [0.4, 0.5) is 11.6 Å². The molecule has 3 N–H and O–H groups in total. The average Bonchev–Trinajstić information content (AvgIpc) is 3.59. The van der Waals surface area contributed by atoms with Gasteiger partial charge in [0.05, 0.1) is 6.04 Å². The van der Waals surface area contributed by atoms with Crippen LogP contribution in [-0.2, 0) is 4.79 Å². The maximum atomic E-state index is 13.1. The van der Waals surface area contributed by atoms with Crippen molar-refractivity contribution >= 4 is 29.0 Å². The molecule has 5 rings (SSSR count). The second-order valence-corrected chi connectivity index (χ2v) is 10.9. The molecule has 1 saturated heterocycles. The topological polar surface area (TPSA) is 122 Å². The molecule has 4 heterocycles. The molecular formula is C31H36N8O2. The monoisotopic (exact) mass is 552 g/mol. The molecule has 0 bridgehead atoms. The summed E-state index contributed by atoms with van der Waals surface area (Å²) in [6, 6.07) is 10.9. The second-order valence-electron chi connectivity index (χ2n) is 10.9. The maximum Gasteiger partial charge on any atom is 0.256 e. The number of nitrogens with zero attached hydrogens (tertiary/aromatic N) is 6. The van der Waals surface area contributed by atoms with E-state index in [4.69, 9.17) is 10.7 Å². The Labute approximate surface area is 239 Å². The number of anilines is 2. The summed E-state index contributed by atoms with van der Waals surface area (Å²) in [6.07, 6.45) is 10.4. The first kappa shape index (κ1) is 28.0. The molecule has 4 aromatic rings. The van der Waals surface area contributed by atoms with Gasteiger partial charge >= 0.3 is 0 Å². The lowest BCUT2D eigenvalue weighted by molar-refractivity contribution is -0.127. The van der Waals surface area contributed by atoms with Crippen LogP contribution in [0, 0.1) is 0 Å². The predicted molar refractivity (Wildman–Crippen MR) is 160 cm³/mol. The van der Waals surface area contributed by atoms with E-state index in [9.17, 15) is 9.59 Å². The Morgan fingerprint density at radius 1 is 1.15 bits per heavy atom. The van der Waals surface area contributed by atoms with Crippen LogP contribution >= 0.6 is 0 Å². The minimum absolute atomic E-state index is 0.0292. The van der Waals surface area contributed by atoms with E-state index in [2.05, 4.69) is 29.1 Å². The van der Waals surface area contributed by atoms with E-state index in [0.717, 1.165) is 29.8 Å². The van der Waals surface area contributed by atoms with Crippen molar-refractivity contribution in [1.29, 1.82) is 0 Å². The highest BCUT2D eigenvalue weighted by atomic mass is 16.2. The number of benzene rings is 1. The molecule has 10 heteroatoms. The minimum Gasteiger partial charge on any atom is -0.382 e.